The van der Waals surface area contributed by atoms with Gasteiger partial charge in [0.2, 0.25) is 5.91 Å². The van der Waals surface area contributed by atoms with Crippen molar-refractivity contribution in [3.8, 4) is 5.75 Å². The van der Waals surface area contributed by atoms with Gasteiger partial charge >= 0.3 is 0 Å². The number of rotatable bonds is 6. The molecule has 4 nitrogen and oxygen atoms in total. The van der Waals surface area contributed by atoms with Crippen LogP contribution in [0.15, 0.2) is 24.3 Å². The lowest BCUT2D eigenvalue weighted by atomic mass is 9.92. The van der Waals surface area contributed by atoms with Crippen LogP contribution in [0, 0.1) is 17.2 Å². The molecule has 1 aliphatic carbocycles. The highest BCUT2D eigenvalue weighted by Gasteiger charge is 2.57. The van der Waals surface area contributed by atoms with Crippen molar-refractivity contribution in [3.05, 3.63) is 30.1 Å². The Hall–Kier alpha value is -1.62. The van der Waals surface area contributed by atoms with Crippen LogP contribution in [0.2, 0.25) is 0 Å². The SMILES string of the molecule is CCC(CNC(=O)C1CC12CCNCC2)Oc1cccc(F)c1. The first kappa shape index (κ1) is 16.2. The first-order chi connectivity index (χ1) is 11.1. The number of piperidine rings is 1. The number of hydrogen-bond donors (Lipinski definition) is 2. The Labute approximate surface area is 136 Å². The van der Waals surface area contributed by atoms with Crippen molar-refractivity contribution in [2.75, 3.05) is 19.6 Å². The number of hydrogen-bond acceptors (Lipinski definition) is 3. The normalized spacial score (nSPS) is 23.3. The summed E-state index contributed by atoms with van der Waals surface area (Å²) in [5.74, 6) is 0.504. The smallest absolute Gasteiger partial charge is 0.223 e. The zero-order valence-corrected chi connectivity index (χ0v) is 13.6. The molecular formula is C18H25FN2O2. The van der Waals surface area contributed by atoms with Crippen LogP contribution in [-0.2, 0) is 4.79 Å². The van der Waals surface area contributed by atoms with E-state index in [-0.39, 0.29) is 29.2 Å². The maximum Gasteiger partial charge on any atom is 0.223 e. The lowest BCUT2D eigenvalue weighted by molar-refractivity contribution is -0.123. The van der Waals surface area contributed by atoms with Crippen LogP contribution in [0.4, 0.5) is 4.39 Å². The summed E-state index contributed by atoms with van der Waals surface area (Å²) >= 11 is 0. The standard InChI is InChI=1S/C18H25FN2O2/c1-2-14(23-15-5-3-4-13(19)10-15)12-21-17(22)16-11-18(16)6-8-20-9-7-18/h3-5,10,14,16,20H,2,6-9,11-12H2,1H3,(H,21,22). The van der Waals surface area contributed by atoms with Crippen LogP contribution in [0.25, 0.3) is 0 Å². The predicted molar refractivity (Wildman–Crippen MR) is 86.8 cm³/mol. The summed E-state index contributed by atoms with van der Waals surface area (Å²) < 4.78 is 19.0. The molecule has 2 N–H and O–H groups in total. The molecule has 2 aliphatic rings. The van der Waals surface area contributed by atoms with Crippen LogP contribution in [0.3, 0.4) is 0 Å². The molecule has 0 aromatic heterocycles. The van der Waals surface area contributed by atoms with E-state index in [1.54, 1.807) is 12.1 Å². The van der Waals surface area contributed by atoms with E-state index in [1.807, 2.05) is 6.92 Å². The molecule has 1 spiro atoms. The van der Waals surface area contributed by atoms with E-state index in [0.717, 1.165) is 38.8 Å². The topological polar surface area (TPSA) is 50.4 Å². The van der Waals surface area contributed by atoms with E-state index < -0.39 is 0 Å². The summed E-state index contributed by atoms with van der Waals surface area (Å²) in [7, 11) is 0. The Morgan fingerprint density at radius 2 is 2.26 bits per heavy atom. The van der Waals surface area contributed by atoms with Crippen LogP contribution in [0.5, 0.6) is 5.75 Å². The molecular weight excluding hydrogens is 295 g/mol. The summed E-state index contributed by atoms with van der Waals surface area (Å²) in [6, 6.07) is 6.12. The molecule has 1 saturated heterocycles. The third-order valence-corrected chi connectivity index (χ3v) is 5.16. The molecule has 1 saturated carbocycles. The van der Waals surface area contributed by atoms with Gasteiger partial charge in [0.1, 0.15) is 17.7 Å². The maximum atomic E-state index is 13.2. The minimum absolute atomic E-state index is 0.136. The molecule has 0 radical (unpaired) electrons. The molecule has 1 aromatic rings. The average molecular weight is 320 g/mol. The van der Waals surface area contributed by atoms with E-state index in [1.165, 1.54) is 12.1 Å². The molecule has 2 fully saturated rings. The highest BCUT2D eigenvalue weighted by molar-refractivity contribution is 5.82. The van der Waals surface area contributed by atoms with Crippen molar-refractivity contribution in [1.82, 2.24) is 10.6 Å². The molecule has 2 atom stereocenters. The lowest BCUT2D eigenvalue weighted by Gasteiger charge is -2.23. The molecule has 126 valence electrons. The number of benzene rings is 1. The van der Waals surface area contributed by atoms with Gasteiger partial charge in [-0.05, 0) is 56.3 Å². The minimum atomic E-state index is -0.313. The van der Waals surface area contributed by atoms with Crippen molar-refractivity contribution in [3.63, 3.8) is 0 Å². The van der Waals surface area contributed by atoms with Gasteiger partial charge in [-0.3, -0.25) is 4.79 Å². The van der Waals surface area contributed by atoms with Crippen LogP contribution in [-0.4, -0.2) is 31.6 Å². The minimum Gasteiger partial charge on any atom is -0.489 e. The molecule has 1 amide bonds. The number of carbonyl (C=O) groups is 1. The monoisotopic (exact) mass is 320 g/mol. The second kappa shape index (κ2) is 6.87. The third kappa shape index (κ3) is 3.83. The Morgan fingerprint density at radius 1 is 1.48 bits per heavy atom. The summed E-state index contributed by atoms with van der Waals surface area (Å²) in [4.78, 5) is 12.4. The summed E-state index contributed by atoms with van der Waals surface area (Å²) in [5, 5.41) is 6.37. The molecule has 5 heteroatoms. The summed E-state index contributed by atoms with van der Waals surface area (Å²) in [6.07, 6.45) is 3.84. The molecule has 23 heavy (non-hydrogen) atoms. The summed E-state index contributed by atoms with van der Waals surface area (Å²) in [5.41, 5.74) is 0.250. The van der Waals surface area contributed by atoms with Gasteiger partial charge in [0, 0.05) is 12.0 Å². The van der Waals surface area contributed by atoms with E-state index in [0.29, 0.717) is 12.3 Å². The van der Waals surface area contributed by atoms with Crippen molar-refractivity contribution in [2.45, 2.75) is 38.7 Å². The third-order valence-electron chi connectivity index (χ3n) is 5.16. The molecule has 1 heterocycles. The highest BCUT2D eigenvalue weighted by Crippen LogP contribution is 2.58. The van der Waals surface area contributed by atoms with Gasteiger partial charge in [0.15, 0.2) is 0 Å². The first-order valence-corrected chi connectivity index (χ1v) is 8.53. The second-order valence-corrected chi connectivity index (χ2v) is 6.72. The average Bonchev–Trinajstić information content (AvgIpc) is 3.25. The second-order valence-electron chi connectivity index (χ2n) is 6.72. The number of nitrogens with one attached hydrogen (secondary N) is 2. The maximum absolute atomic E-state index is 13.2. The van der Waals surface area contributed by atoms with Gasteiger partial charge in [0.25, 0.3) is 0 Å². The van der Waals surface area contributed by atoms with Crippen molar-refractivity contribution >= 4 is 5.91 Å². The largest absolute Gasteiger partial charge is 0.489 e. The van der Waals surface area contributed by atoms with Crippen molar-refractivity contribution < 1.29 is 13.9 Å². The Morgan fingerprint density at radius 3 is 2.96 bits per heavy atom. The highest BCUT2D eigenvalue weighted by atomic mass is 19.1. The summed E-state index contributed by atoms with van der Waals surface area (Å²) in [6.45, 7) is 4.51. The molecule has 1 aromatic carbocycles. The fourth-order valence-corrected chi connectivity index (χ4v) is 3.54. The zero-order chi connectivity index (χ0) is 16.3. The first-order valence-electron chi connectivity index (χ1n) is 8.53. The van der Waals surface area contributed by atoms with Gasteiger partial charge < -0.3 is 15.4 Å². The molecule has 2 unspecified atom stereocenters. The quantitative estimate of drug-likeness (QED) is 0.847. The number of amides is 1. The van der Waals surface area contributed by atoms with E-state index in [9.17, 15) is 9.18 Å². The van der Waals surface area contributed by atoms with Crippen molar-refractivity contribution in [2.24, 2.45) is 11.3 Å². The number of carbonyl (C=O) groups excluding carboxylic acids is 1. The Bertz CT molecular complexity index is 558. The van der Waals surface area contributed by atoms with Gasteiger partial charge in [-0.25, -0.2) is 4.39 Å². The van der Waals surface area contributed by atoms with E-state index in [4.69, 9.17) is 4.74 Å². The molecule has 0 bridgehead atoms. The zero-order valence-electron chi connectivity index (χ0n) is 13.6. The lowest BCUT2D eigenvalue weighted by Crippen LogP contribution is -2.38. The number of halogens is 1. The van der Waals surface area contributed by atoms with Crippen LogP contribution >= 0.6 is 0 Å². The van der Waals surface area contributed by atoms with Gasteiger partial charge in [0.05, 0.1) is 6.54 Å². The fraction of sp³-hybridized carbons (Fsp3) is 0.611. The van der Waals surface area contributed by atoms with Gasteiger partial charge in [-0.2, -0.15) is 0 Å². The Balaban J connectivity index is 1.47. The molecule has 3 rings (SSSR count). The number of ether oxygens (including phenoxy) is 1. The van der Waals surface area contributed by atoms with Gasteiger partial charge in [-0.15, -0.1) is 0 Å². The Kier molecular flexibility index (Phi) is 4.85. The van der Waals surface area contributed by atoms with E-state index >= 15 is 0 Å². The van der Waals surface area contributed by atoms with Crippen LogP contribution in [0.1, 0.15) is 32.6 Å². The molecule has 1 aliphatic heterocycles. The van der Waals surface area contributed by atoms with E-state index in [2.05, 4.69) is 10.6 Å². The fourth-order valence-electron chi connectivity index (χ4n) is 3.54. The van der Waals surface area contributed by atoms with Crippen molar-refractivity contribution in [1.29, 1.82) is 0 Å². The van der Waals surface area contributed by atoms with Crippen LogP contribution < -0.4 is 15.4 Å². The predicted octanol–water partition coefficient (Wildman–Crippen LogP) is 2.49. The van der Waals surface area contributed by atoms with Gasteiger partial charge in [-0.1, -0.05) is 13.0 Å².